The normalized spacial score (nSPS) is 31.4. The summed E-state index contributed by atoms with van der Waals surface area (Å²) in [6.07, 6.45) is 1.96. The predicted octanol–water partition coefficient (Wildman–Crippen LogP) is -3.71. The van der Waals surface area contributed by atoms with Crippen LogP contribution in [0.5, 0.6) is 0 Å². The number of carboxylic acid groups (broad SMARTS) is 1. The topological polar surface area (TPSA) is 67.2 Å². The zero-order chi connectivity index (χ0) is 10.1. The molecule has 5 heteroatoms. The van der Waals surface area contributed by atoms with Crippen molar-refractivity contribution in [3.8, 4) is 6.07 Å². The third-order valence-electron chi connectivity index (χ3n) is 3.11. The van der Waals surface area contributed by atoms with Crippen molar-refractivity contribution in [2.75, 3.05) is 19.6 Å². The standard InChI is InChI=1S/C10H12N2O2.Na/c11-5-8(10(13)14)9-6-12-3-1-7(9)2-4-12;/h7H,1-4,6H2,(H,13,14);/q;+1/p-1/b9-8+;. The third-order valence-corrected chi connectivity index (χ3v) is 3.11. The maximum absolute atomic E-state index is 10.7. The molecule has 3 saturated heterocycles. The molecule has 0 unspecified atom stereocenters. The van der Waals surface area contributed by atoms with Crippen molar-refractivity contribution in [3.05, 3.63) is 11.1 Å². The molecule has 2 bridgehead atoms. The number of carbonyl (C=O) groups is 1. The summed E-state index contributed by atoms with van der Waals surface area (Å²) in [6.45, 7) is 2.70. The molecule has 0 amide bonds. The van der Waals surface area contributed by atoms with Gasteiger partial charge in [0.25, 0.3) is 0 Å². The number of nitrogens with zero attached hydrogens (tertiary/aromatic N) is 2. The van der Waals surface area contributed by atoms with Gasteiger partial charge in [0.15, 0.2) is 0 Å². The first kappa shape index (κ1) is 12.7. The maximum Gasteiger partial charge on any atom is 1.00 e. The summed E-state index contributed by atoms with van der Waals surface area (Å²) in [7, 11) is 0. The van der Waals surface area contributed by atoms with E-state index in [1.807, 2.05) is 0 Å². The van der Waals surface area contributed by atoms with Crippen LogP contribution in [0.3, 0.4) is 0 Å². The SMILES string of the molecule is N#C/C(C(=O)[O-])=C1/CN2CCC1CC2.[Na+]. The van der Waals surface area contributed by atoms with E-state index < -0.39 is 5.97 Å². The molecule has 74 valence electrons. The third kappa shape index (κ3) is 2.43. The summed E-state index contributed by atoms with van der Waals surface area (Å²) in [6, 6.07) is 1.75. The van der Waals surface area contributed by atoms with E-state index >= 15 is 0 Å². The van der Waals surface area contributed by atoms with Gasteiger partial charge in [0.2, 0.25) is 0 Å². The molecule has 3 aliphatic rings. The molecular formula is C10H11N2NaO2. The van der Waals surface area contributed by atoms with Crippen LogP contribution >= 0.6 is 0 Å². The Morgan fingerprint density at radius 2 is 2.07 bits per heavy atom. The van der Waals surface area contributed by atoms with Crippen LogP contribution in [0.25, 0.3) is 0 Å². The molecule has 0 aromatic heterocycles. The molecule has 3 aliphatic heterocycles. The van der Waals surface area contributed by atoms with Crippen LogP contribution < -0.4 is 34.7 Å². The number of hydrogen-bond acceptors (Lipinski definition) is 4. The van der Waals surface area contributed by atoms with Crippen molar-refractivity contribution in [2.24, 2.45) is 5.92 Å². The van der Waals surface area contributed by atoms with Crippen molar-refractivity contribution < 1.29 is 39.5 Å². The van der Waals surface area contributed by atoms with E-state index in [2.05, 4.69) is 4.90 Å². The monoisotopic (exact) mass is 214 g/mol. The second-order valence-electron chi connectivity index (χ2n) is 3.85. The van der Waals surface area contributed by atoms with Gasteiger partial charge in [0.05, 0.1) is 11.5 Å². The quantitative estimate of drug-likeness (QED) is 0.256. The van der Waals surface area contributed by atoms with Crippen LogP contribution in [-0.4, -0.2) is 30.5 Å². The zero-order valence-corrected chi connectivity index (χ0v) is 10.8. The van der Waals surface area contributed by atoms with E-state index in [1.165, 1.54) is 0 Å². The van der Waals surface area contributed by atoms with E-state index in [-0.39, 0.29) is 35.1 Å². The van der Waals surface area contributed by atoms with E-state index in [0.717, 1.165) is 31.5 Å². The van der Waals surface area contributed by atoms with Crippen molar-refractivity contribution in [2.45, 2.75) is 12.8 Å². The van der Waals surface area contributed by atoms with Crippen LogP contribution in [0.15, 0.2) is 11.1 Å². The van der Waals surface area contributed by atoms with Gasteiger partial charge >= 0.3 is 29.6 Å². The van der Waals surface area contributed by atoms with Crippen LogP contribution in [0, 0.1) is 17.2 Å². The zero-order valence-electron chi connectivity index (χ0n) is 8.82. The molecule has 3 rings (SSSR count). The van der Waals surface area contributed by atoms with Crippen LogP contribution in [0.2, 0.25) is 0 Å². The Morgan fingerprint density at radius 1 is 1.47 bits per heavy atom. The largest absolute Gasteiger partial charge is 1.00 e. The van der Waals surface area contributed by atoms with Crippen molar-refractivity contribution in [1.29, 1.82) is 5.26 Å². The fourth-order valence-corrected chi connectivity index (χ4v) is 2.34. The molecule has 0 aromatic carbocycles. The number of nitriles is 1. The van der Waals surface area contributed by atoms with Crippen molar-refractivity contribution in [3.63, 3.8) is 0 Å². The molecular weight excluding hydrogens is 203 g/mol. The molecule has 3 heterocycles. The molecule has 4 nitrogen and oxygen atoms in total. The first-order valence-electron chi connectivity index (χ1n) is 4.79. The number of hydrogen-bond donors (Lipinski definition) is 0. The Kier molecular flexibility index (Phi) is 4.35. The van der Waals surface area contributed by atoms with Gasteiger partial charge < -0.3 is 9.90 Å². The van der Waals surface area contributed by atoms with Crippen LogP contribution in [-0.2, 0) is 4.79 Å². The summed E-state index contributed by atoms with van der Waals surface area (Å²) < 4.78 is 0. The molecule has 15 heavy (non-hydrogen) atoms. The number of piperidine rings is 3. The number of aliphatic carboxylic acids is 1. The fourth-order valence-electron chi connectivity index (χ4n) is 2.34. The minimum atomic E-state index is -1.32. The number of carbonyl (C=O) groups excluding carboxylic acids is 1. The van der Waals surface area contributed by atoms with Gasteiger partial charge in [-0.2, -0.15) is 5.26 Å². The molecule has 0 N–H and O–H groups in total. The van der Waals surface area contributed by atoms with Crippen molar-refractivity contribution in [1.82, 2.24) is 4.90 Å². The first-order valence-corrected chi connectivity index (χ1v) is 4.79. The molecule has 0 atom stereocenters. The van der Waals surface area contributed by atoms with E-state index in [4.69, 9.17) is 5.26 Å². The van der Waals surface area contributed by atoms with Gasteiger partial charge in [0, 0.05) is 6.54 Å². The smallest absolute Gasteiger partial charge is 0.544 e. The Morgan fingerprint density at radius 3 is 2.40 bits per heavy atom. The first-order chi connectivity index (χ1) is 6.72. The van der Waals surface area contributed by atoms with Crippen LogP contribution in [0.4, 0.5) is 0 Å². The Labute approximate surface area is 111 Å². The van der Waals surface area contributed by atoms with E-state index in [0.29, 0.717) is 12.5 Å². The van der Waals surface area contributed by atoms with Gasteiger partial charge in [-0.15, -0.1) is 0 Å². The molecule has 0 saturated carbocycles. The number of rotatable bonds is 1. The minimum Gasteiger partial charge on any atom is -0.544 e. The molecule has 0 aliphatic carbocycles. The number of fused-ring (bicyclic) bond motifs is 3. The average Bonchev–Trinajstić information content (AvgIpc) is 2.20. The summed E-state index contributed by atoms with van der Waals surface area (Å²) in [4.78, 5) is 12.9. The minimum absolute atomic E-state index is 0. The van der Waals surface area contributed by atoms with Crippen molar-refractivity contribution >= 4 is 5.97 Å². The molecule has 0 radical (unpaired) electrons. The summed E-state index contributed by atoms with van der Waals surface area (Å²) >= 11 is 0. The Balaban J connectivity index is 0.00000112. The van der Waals surface area contributed by atoms with E-state index in [9.17, 15) is 9.90 Å². The summed E-state index contributed by atoms with van der Waals surface area (Å²) in [5, 5.41) is 19.4. The Bertz CT molecular complexity index is 338. The Hall–Kier alpha value is -0.340. The summed E-state index contributed by atoms with van der Waals surface area (Å²) in [5.41, 5.74) is 0.643. The van der Waals surface area contributed by atoms with Gasteiger partial charge in [0.1, 0.15) is 6.07 Å². The van der Waals surface area contributed by atoms with E-state index in [1.54, 1.807) is 6.07 Å². The molecule has 0 aromatic rings. The predicted molar refractivity (Wildman–Crippen MR) is 46.8 cm³/mol. The second-order valence-corrected chi connectivity index (χ2v) is 3.85. The van der Waals surface area contributed by atoms with Gasteiger partial charge in [-0.1, -0.05) is 0 Å². The maximum atomic E-state index is 10.7. The van der Waals surface area contributed by atoms with Gasteiger partial charge in [-0.3, -0.25) is 4.90 Å². The fraction of sp³-hybridized carbons (Fsp3) is 0.600. The number of carboxylic acids is 1. The van der Waals surface area contributed by atoms with Gasteiger partial charge in [-0.05, 0) is 37.4 Å². The average molecular weight is 214 g/mol. The molecule has 0 spiro atoms. The summed E-state index contributed by atoms with van der Waals surface area (Å²) in [5.74, 6) is -1.02. The van der Waals surface area contributed by atoms with Gasteiger partial charge in [-0.25, -0.2) is 0 Å². The molecule has 3 fully saturated rings. The van der Waals surface area contributed by atoms with Crippen LogP contribution in [0.1, 0.15) is 12.8 Å². The second kappa shape index (κ2) is 5.13.